The number of carbonyl (C=O) groups is 1. The third kappa shape index (κ3) is 5.00. The average Bonchev–Trinajstić information content (AvgIpc) is 2.56. The normalized spacial score (nSPS) is 11.6. The molecule has 0 aliphatic carbocycles. The predicted molar refractivity (Wildman–Crippen MR) is 88.9 cm³/mol. The van der Waals surface area contributed by atoms with Crippen LogP contribution in [-0.4, -0.2) is 26.2 Å². The molecule has 5 nitrogen and oxygen atoms in total. The highest BCUT2D eigenvalue weighted by atomic mass is 16.5. The molecule has 5 heteroatoms. The van der Waals surface area contributed by atoms with Crippen molar-refractivity contribution in [2.75, 3.05) is 19.5 Å². The number of rotatable bonds is 7. The molecule has 0 aromatic heterocycles. The van der Waals surface area contributed by atoms with E-state index in [0.717, 1.165) is 17.0 Å². The lowest BCUT2D eigenvalue weighted by Gasteiger charge is -2.15. The van der Waals surface area contributed by atoms with Crippen LogP contribution >= 0.6 is 0 Å². The summed E-state index contributed by atoms with van der Waals surface area (Å²) >= 11 is 0. The van der Waals surface area contributed by atoms with Crippen LogP contribution in [0, 0.1) is 0 Å². The molecular weight excluding hydrogens is 294 g/mol. The van der Waals surface area contributed by atoms with E-state index in [1.54, 1.807) is 45.4 Å². The molecule has 0 fully saturated rings. The van der Waals surface area contributed by atoms with Crippen molar-refractivity contribution in [3.05, 3.63) is 54.1 Å². The Kier molecular flexibility index (Phi) is 6.00. The molecule has 0 saturated heterocycles. The van der Waals surface area contributed by atoms with E-state index in [0.29, 0.717) is 12.4 Å². The molecule has 0 bridgehead atoms. The van der Waals surface area contributed by atoms with Crippen LogP contribution in [0.4, 0.5) is 5.69 Å². The van der Waals surface area contributed by atoms with Crippen molar-refractivity contribution in [3.63, 3.8) is 0 Å². The maximum atomic E-state index is 12.2. The molecule has 0 spiro atoms. The van der Waals surface area contributed by atoms with Crippen LogP contribution in [-0.2, 0) is 16.1 Å². The summed E-state index contributed by atoms with van der Waals surface area (Å²) in [5, 5.41) is 2.84. The lowest BCUT2D eigenvalue weighted by Crippen LogP contribution is -2.30. The van der Waals surface area contributed by atoms with E-state index < -0.39 is 6.10 Å². The topological polar surface area (TPSA) is 56.8 Å². The summed E-state index contributed by atoms with van der Waals surface area (Å²) in [6.45, 7) is 2.21. The van der Waals surface area contributed by atoms with Crippen LogP contribution in [0.15, 0.2) is 48.5 Å². The fraction of sp³-hybridized carbons (Fsp3) is 0.278. The first-order valence-corrected chi connectivity index (χ1v) is 7.32. The zero-order chi connectivity index (χ0) is 16.7. The van der Waals surface area contributed by atoms with Crippen molar-refractivity contribution in [1.82, 2.24) is 0 Å². The first-order valence-electron chi connectivity index (χ1n) is 7.32. The lowest BCUT2D eigenvalue weighted by atomic mass is 10.2. The van der Waals surface area contributed by atoms with Crippen LogP contribution in [0.25, 0.3) is 0 Å². The summed E-state index contributed by atoms with van der Waals surface area (Å²) in [7, 11) is 3.24. The summed E-state index contributed by atoms with van der Waals surface area (Å²) in [6, 6.07) is 14.6. The van der Waals surface area contributed by atoms with Crippen molar-refractivity contribution in [3.8, 4) is 11.5 Å². The van der Waals surface area contributed by atoms with Gasteiger partial charge in [-0.15, -0.1) is 0 Å². The second kappa shape index (κ2) is 8.19. The number of hydrogen-bond acceptors (Lipinski definition) is 4. The van der Waals surface area contributed by atoms with Gasteiger partial charge in [0.25, 0.3) is 5.91 Å². The van der Waals surface area contributed by atoms with Crippen molar-refractivity contribution in [2.45, 2.75) is 19.6 Å². The van der Waals surface area contributed by atoms with E-state index in [1.165, 1.54) is 0 Å². The Morgan fingerprint density at radius 3 is 2.43 bits per heavy atom. The number of hydrogen-bond donors (Lipinski definition) is 1. The first-order chi connectivity index (χ1) is 11.1. The second-order valence-electron chi connectivity index (χ2n) is 5.06. The van der Waals surface area contributed by atoms with Gasteiger partial charge in [-0.25, -0.2) is 0 Å². The van der Waals surface area contributed by atoms with E-state index in [1.807, 2.05) is 24.3 Å². The summed E-state index contributed by atoms with van der Waals surface area (Å²) in [6.07, 6.45) is -0.616. The van der Waals surface area contributed by atoms with E-state index in [-0.39, 0.29) is 5.91 Å². The highest BCUT2D eigenvalue weighted by Gasteiger charge is 2.15. The summed E-state index contributed by atoms with van der Waals surface area (Å²) in [4.78, 5) is 12.2. The Balaban J connectivity index is 1.95. The summed E-state index contributed by atoms with van der Waals surface area (Å²) in [5.74, 6) is 1.14. The number of methoxy groups -OCH3 is 2. The minimum atomic E-state index is -0.616. The summed E-state index contributed by atoms with van der Waals surface area (Å²) in [5.41, 5.74) is 1.71. The Labute approximate surface area is 136 Å². The zero-order valence-corrected chi connectivity index (χ0v) is 13.5. The van der Waals surface area contributed by atoms with Gasteiger partial charge < -0.3 is 19.5 Å². The van der Waals surface area contributed by atoms with Crippen LogP contribution in [0.1, 0.15) is 12.5 Å². The molecule has 2 aromatic rings. The first kappa shape index (κ1) is 16.8. The molecule has 2 rings (SSSR count). The number of amides is 1. The van der Waals surface area contributed by atoms with Gasteiger partial charge in [0.05, 0.1) is 13.7 Å². The van der Waals surface area contributed by atoms with Crippen molar-refractivity contribution in [2.24, 2.45) is 0 Å². The molecule has 0 radical (unpaired) electrons. The van der Waals surface area contributed by atoms with E-state index >= 15 is 0 Å². The van der Waals surface area contributed by atoms with Gasteiger partial charge in [0.1, 0.15) is 11.5 Å². The standard InChI is InChI=1S/C18H21NO4/c1-13(23-17-9-7-16(22-3)8-10-17)18(20)19-15-6-4-5-14(11-15)12-21-2/h4-11,13H,12H2,1-3H3,(H,19,20)/t13-/m0/s1. The monoisotopic (exact) mass is 315 g/mol. The molecular formula is C18H21NO4. The number of carbonyl (C=O) groups excluding carboxylic acids is 1. The minimum Gasteiger partial charge on any atom is -0.497 e. The maximum absolute atomic E-state index is 12.2. The Morgan fingerprint density at radius 2 is 1.78 bits per heavy atom. The van der Waals surface area contributed by atoms with Crippen LogP contribution in [0.2, 0.25) is 0 Å². The van der Waals surface area contributed by atoms with E-state index in [4.69, 9.17) is 14.2 Å². The van der Waals surface area contributed by atoms with Crippen LogP contribution in [0.5, 0.6) is 11.5 Å². The SMILES string of the molecule is COCc1cccc(NC(=O)[C@H](C)Oc2ccc(OC)cc2)c1. The largest absolute Gasteiger partial charge is 0.497 e. The predicted octanol–water partition coefficient (Wildman–Crippen LogP) is 3.25. The maximum Gasteiger partial charge on any atom is 0.265 e. The molecule has 0 unspecified atom stereocenters. The molecule has 1 atom stereocenters. The Bertz CT molecular complexity index is 640. The lowest BCUT2D eigenvalue weighted by molar-refractivity contribution is -0.122. The third-order valence-corrected chi connectivity index (χ3v) is 3.25. The van der Waals surface area contributed by atoms with Gasteiger partial charge >= 0.3 is 0 Å². The van der Waals surface area contributed by atoms with Gasteiger partial charge in [0.15, 0.2) is 6.10 Å². The fourth-order valence-corrected chi connectivity index (χ4v) is 2.06. The number of benzene rings is 2. The van der Waals surface area contributed by atoms with Gasteiger partial charge in [-0.05, 0) is 48.9 Å². The molecule has 1 amide bonds. The van der Waals surface area contributed by atoms with Gasteiger partial charge in [-0.2, -0.15) is 0 Å². The van der Waals surface area contributed by atoms with Crippen molar-refractivity contribution in [1.29, 1.82) is 0 Å². The number of ether oxygens (including phenoxy) is 3. The summed E-state index contributed by atoms with van der Waals surface area (Å²) < 4.78 is 15.8. The number of nitrogens with one attached hydrogen (secondary N) is 1. The van der Waals surface area contributed by atoms with Gasteiger partial charge in [-0.1, -0.05) is 12.1 Å². The highest BCUT2D eigenvalue weighted by Crippen LogP contribution is 2.19. The van der Waals surface area contributed by atoms with Crippen molar-refractivity contribution < 1.29 is 19.0 Å². The number of anilines is 1. The van der Waals surface area contributed by atoms with Crippen LogP contribution in [0.3, 0.4) is 0 Å². The minimum absolute atomic E-state index is 0.213. The molecule has 2 aromatic carbocycles. The third-order valence-electron chi connectivity index (χ3n) is 3.25. The molecule has 122 valence electrons. The fourth-order valence-electron chi connectivity index (χ4n) is 2.06. The smallest absolute Gasteiger partial charge is 0.265 e. The van der Waals surface area contributed by atoms with Gasteiger partial charge in [0, 0.05) is 12.8 Å². The van der Waals surface area contributed by atoms with Crippen LogP contribution < -0.4 is 14.8 Å². The zero-order valence-electron chi connectivity index (χ0n) is 13.5. The quantitative estimate of drug-likeness (QED) is 0.852. The van der Waals surface area contributed by atoms with Crippen molar-refractivity contribution >= 4 is 11.6 Å². The molecule has 0 heterocycles. The van der Waals surface area contributed by atoms with E-state index in [2.05, 4.69) is 5.32 Å². The van der Waals surface area contributed by atoms with E-state index in [9.17, 15) is 4.79 Å². The van der Waals surface area contributed by atoms with Gasteiger partial charge in [-0.3, -0.25) is 4.79 Å². The average molecular weight is 315 g/mol. The molecule has 0 aliphatic heterocycles. The van der Waals surface area contributed by atoms with Gasteiger partial charge in [0.2, 0.25) is 0 Å². The Hall–Kier alpha value is -2.53. The highest BCUT2D eigenvalue weighted by molar-refractivity contribution is 5.94. The molecule has 0 aliphatic rings. The molecule has 0 saturated carbocycles. The molecule has 23 heavy (non-hydrogen) atoms. The molecule has 1 N–H and O–H groups in total. The second-order valence-corrected chi connectivity index (χ2v) is 5.06. The Morgan fingerprint density at radius 1 is 1.09 bits per heavy atom.